The van der Waals surface area contributed by atoms with Crippen molar-refractivity contribution in [3.63, 3.8) is 0 Å². The van der Waals surface area contributed by atoms with Crippen molar-refractivity contribution < 1.29 is 9.47 Å². The van der Waals surface area contributed by atoms with Crippen LogP contribution in [0.3, 0.4) is 0 Å². The molecule has 0 aliphatic carbocycles. The maximum absolute atomic E-state index is 5.83. The summed E-state index contributed by atoms with van der Waals surface area (Å²) < 4.78 is 11.3. The number of rotatable bonds is 4. The Morgan fingerprint density at radius 3 is 2.93 bits per heavy atom. The van der Waals surface area contributed by atoms with Gasteiger partial charge in [-0.25, -0.2) is 0 Å². The standard InChI is InChI=1S/C12H23NO2/c1-10(2)15-9-12-5-4-6-13(12)8-11(7-12)14-3/h10-11H,4-9H2,1-3H3/t11-,12+/m1/s1. The summed E-state index contributed by atoms with van der Waals surface area (Å²) in [6.45, 7) is 7.42. The first-order valence-corrected chi connectivity index (χ1v) is 6.06. The van der Waals surface area contributed by atoms with E-state index >= 15 is 0 Å². The minimum Gasteiger partial charge on any atom is -0.380 e. The molecule has 2 saturated heterocycles. The molecule has 2 atom stereocenters. The molecule has 0 N–H and O–H groups in total. The molecule has 0 aromatic heterocycles. The van der Waals surface area contributed by atoms with Gasteiger partial charge in [0.05, 0.1) is 18.8 Å². The van der Waals surface area contributed by atoms with E-state index in [-0.39, 0.29) is 0 Å². The summed E-state index contributed by atoms with van der Waals surface area (Å²) in [7, 11) is 1.82. The van der Waals surface area contributed by atoms with Gasteiger partial charge < -0.3 is 9.47 Å². The molecule has 0 spiro atoms. The van der Waals surface area contributed by atoms with E-state index in [2.05, 4.69) is 18.7 Å². The summed E-state index contributed by atoms with van der Waals surface area (Å²) in [6.07, 6.45) is 4.50. The van der Waals surface area contributed by atoms with Crippen LogP contribution in [0.4, 0.5) is 0 Å². The first-order valence-electron chi connectivity index (χ1n) is 6.06. The molecule has 0 saturated carbocycles. The third-order valence-electron chi connectivity index (χ3n) is 3.79. The lowest BCUT2D eigenvalue weighted by atomic mass is 9.94. The van der Waals surface area contributed by atoms with Crippen LogP contribution in [0, 0.1) is 0 Å². The number of ether oxygens (including phenoxy) is 2. The molecule has 0 aromatic carbocycles. The van der Waals surface area contributed by atoms with Gasteiger partial charge in [-0.3, -0.25) is 4.90 Å². The highest BCUT2D eigenvalue weighted by Crippen LogP contribution is 2.40. The summed E-state index contributed by atoms with van der Waals surface area (Å²) >= 11 is 0. The predicted molar refractivity (Wildman–Crippen MR) is 60.0 cm³/mol. The summed E-state index contributed by atoms with van der Waals surface area (Å²) in [4.78, 5) is 2.57. The lowest BCUT2D eigenvalue weighted by Crippen LogP contribution is -2.43. The minimum atomic E-state index is 0.297. The van der Waals surface area contributed by atoms with E-state index in [9.17, 15) is 0 Å². The van der Waals surface area contributed by atoms with Crippen molar-refractivity contribution in [3.8, 4) is 0 Å². The summed E-state index contributed by atoms with van der Waals surface area (Å²) in [5.74, 6) is 0. The molecule has 2 heterocycles. The fourth-order valence-electron chi connectivity index (χ4n) is 2.95. The van der Waals surface area contributed by atoms with E-state index in [0.29, 0.717) is 17.7 Å². The van der Waals surface area contributed by atoms with Crippen molar-refractivity contribution in [2.24, 2.45) is 0 Å². The number of hydrogen-bond acceptors (Lipinski definition) is 3. The van der Waals surface area contributed by atoms with Gasteiger partial charge in [-0.1, -0.05) is 0 Å². The van der Waals surface area contributed by atoms with Gasteiger partial charge in [0.2, 0.25) is 0 Å². The number of hydrogen-bond donors (Lipinski definition) is 0. The van der Waals surface area contributed by atoms with E-state index < -0.39 is 0 Å². The average molecular weight is 213 g/mol. The van der Waals surface area contributed by atoms with Crippen LogP contribution in [-0.4, -0.2) is 49.5 Å². The van der Waals surface area contributed by atoms with Crippen molar-refractivity contribution in [2.75, 3.05) is 26.8 Å². The molecule has 3 heteroatoms. The van der Waals surface area contributed by atoms with Gasteiger partial charge in [0.1, 0.15) is 0 Å². The fraction of sp³-hybridized carbons (Fsp3) is 1.00. The molecule has 0 bridgehead atoms. The molecule has 88 valence electrons. The Kier molecular flexibility index (Phi) is 3.33. The summed E-state index contributed by atoms with van der Waals surface area (Å²) in [6, 6.07) is 0. The third kappa shape index (κ3) is 2.19. The molecule has 0 amide bonds. The molecule has 0 unspecified atom stereocenters. The predicted octanol–water partition coefficient (Wildman–Crippen LogP) is 1.66. The van der Waals surface area contributed by atoms with Crippen LogP contribution in [0.2, 0.25) is 0 Å². The average Bonchev–Trinajstić information content (AvgIpc) is 2.70. The van der Waals surface area contributed by atoms with Gasteiger partial charge in [-0.05, 0) is 39.7 Å². The second-order valence-corrected chi connectivity index (χ2v) is 5.20. The topological polar surface area (TPSA) is 21.7 Å². The smallest absolute Gasteiger partial charge is 0.0716 e. The highest BCUT2D eigenvalue weighted by Gasteiger charge is 2.48. The van der Waals surface area contributed by atoms with E-state index in [1.807, 2.05) is 7.11 Å². The molecular formula is C12H23NO2. The molecule has 2 aliphatic rings. The molecule has 2 aliphatic heterocycles. The zero-order valence-corrected chi connectivity index (χ0v) is 10.2. The molecular weight excluding hydrogens is 190 g/mol. The Labute approximate surface area is 92.7 Å². The fourth-order valence-corrected chi connectivity index (χ4v) is 2.95. The Morgan fingerprint density at radius 1 is 1.47 bits per heavy atom. The number of fused-ring (bicyclic) bond motifs is 1. The maximum atomic E-state index is 5.83. The van der Waals surface area contributed by atoms with Crippen LogP contribution in [0.15, 0.2) is 0 Å². The van der Waals surface area contributed by atoms with Crippen molar-refractivity contribution in [1.29, 1.82) is 0 Å². The SMILES string of the molecule is CO[C@H]1CN2CCC[C@@]2(COC(C)C)C1. The van der Waals surface area contributed by atoms with Crippen molar-refractivity contribution in [2.45, 2.75) is 50.9 Å². The maximum Gasteiger partial charge on any atom is 0.0716 e. The number of nitrogens with zero attached hydrogens (tertiary/aromatic N) is 1. The molecule has 2 fully saturated rings. The zero-order chi connectivity index (χ0) is 10.9. The van der Waals surface area contributed by atoms with Crippen LogP contribution < -0.4 is 0 Å². The Hall–Kier alpha value is -0.120. The monoisotopic (exact) mass is 213 g/mol. The van der Waals surface area contributed by atoms with Crippen LogP contribution in [0.25, 0.3) is 0 Å². The van der Waals surface area contributed by atoms with Crippen molar-refractivity contribution in [1.82, 2.24) is 4.90 Å². The van der Waals surface area contributed by atoms with Gasteiger partial charge in [0.15, 0.2) is 0 Å². The Morgan fingerprint density at radius 2 is 2.27 bits per heavy atom. The van der Waals surface area contributed by atoms with Crippen molar-refractivity contribution in [3.05, 3.63) is 0 Å². The Balaban J connectivity index is 1.97. The molecule has 0 radical (unpaired) electrons. The van der Waals surface area contributed by atoms with Gasteiger partial charge in [0.25, 0.3) is 0 Å². The molecule has 0 aromatic rings. The van der Waals surface area contributed by atoms with Crippen LogP contribution in [0.5, 0.6) is 0 Å². The van der Waals surface area contributed by atoms with Crippen LogP contribution in [0.1, 0.15) is 33.1 Å². The highest BCUT2D eigenvalue weighted by atomic mass is 16.5. The highest BCUT2D eigenvalue weighted by molar-refractivity contribution is 5.03. The zero-order valence-electron chi connectivity index (χ0n) is 10.2. The van der Waals surface area contributed by atoms with Crippen molar-refractivity contribution >= 4 is 0 Å². The second-order valence-electron chi connectivity index (χ2n) is 5.20. The normalized spacial score (nSPS) is 36.4. The van der Waals surface area contributed by atoms with Gasteiger partial charge >= 0.3 is 0 Å². The number of methoxy groups -OCH3 is 1. The molecule has 2 rings (SSSR count). The first-order chi connectivity index (χ1) is 7.16. The Bertz CT molecular complexity index is 220. The van der Waals surface area contributed by atoms with Gasteiger partial charge in [-0.15, -0.1) is 0 Å². The third-order valence-corrected chi connectivity index (χ3v) is 3.79. The second kappa shape index (κ2) is 4.40. The van der Waals surface area contributed by atoms with E-state index in [4.69, 9.17) is 9.47 Å². The van der Waals surface area contributed by atoms with Crippen LogP contribution >= 0.6 is 0 Å². The largest absolute Gasteiger partial charge is 0.380 e. The summed E-state index contributed by atoms with van der Waals surface area (Å²) in [5.41, 5.74) is 0.297. The van der Waals surface area contributed by atoms with Gasteiger partial charge in [-0.2, -0.15) is 0 Å². The van der Waals surface area contributed by atoms with Crippen LogP contribution in [-0.2, 0) is 9.47 Å². The lowest BCUT2D eigenvalue weighted by Gasteiger charge is -2.32. The minimum absolute atomic E-state index is 0.297. The van der Waals surface area contributed by atoms with Gasteiger partial charge in [0, 0.05) is 19.2 Å². The summed E-state index contributed by atoms with van der Waals surface area (Å²) in [5, 5.41) is 0. The van der Waals surface area contributed by atoms with E-state index in [1.54, 1.807) is 0 Å². The first kappa shape index (κ1) is 11.4. The lowest BCUT2D eigenvalue weighted by molar-refractivity contribution is 0.00185. The van der Waals surface area contributed by atoms with E-state index in [1.165, 1.54) is 19.4 Å². The molecule has 15 heavy (non-hydrogen) atoms. The molecule has 3 nitrogen and oxygen atoms in total. The van der Waals surface area contributed by atoms with E-state index in [0.717, 1.165) is 19.6 Å². The quantitative estimate of drug-likeness (QED) is 0.709.